The Labute approximate surface area is 158 Å². The van der Waals surface area contributed by atoms with E-state index in [1.54, 1.807) is 24.1 Å². The number of piperidine rings is 1. The van der Waals surface area contributed by atoms with Gasteiger partial charge in [0.2, 0.25) is 0 Å². The van der Waals surface area contributed by atoms with Crippen molar-refractivity contribution in [2.24, 2.45) is 4.99 Å². The largest absolute Gasteiger partial charge is 0.450 e. The summed E-state index contributed by atoms with van der Waals surface area (Å²) in [5.41, 5.74) is 0. The van der Waals surface area contributed by atoms with E-state index in [-0.39, 0.29) is 18.0 Å². The number of nitrogens with zero attached hydrogens (tertiary/aromatic N) is 2. The monoisotopic (exact) mass is 382 g/mol. The number of ether oxygens (including phenoxy) is 1. The van der Waals surface area contributed by atoms with Gasteiger partial charge in [-0.1, -0.05) is 12.1 Å². The van der Waals surface area contributed by atoms with Gasteiger partial charge in [0.25, 0.3) is 0 Å². The number of carbonyl (C=O) groups is 1. The van der Waals surface area contributed by atoms with Crippen LogP contribution in [0.5, 0.6) is 0 Å². The van der Waals surface area contributed by atoms with Gasteiger partial charge in [-0.25, -0.2) is 9.18 Å². The average Bonchev–Trinajstić information content (AvgIpc) is 2.66. The van der Waals surface area contributed by atoms with Crippen molar-refractivity contribution < 1.29 is 13.9 Å². The van der Waals surface area contributed by atoms with Crippen molar-refractivity contribution in [3.05, 3.63) is 30.1 Å². The van der Waals surface area contributed by atoms with E-state index in [9.17, 15) is 9.18 Å². The minimum absolute atomic E-state index is 0.187. The molecular weight excluding hydrogens is 355 g/mol. The van der Waals surface area contributed by atoms with E-state index in [2.05, 4.69) is 15.6 Å². The number of benzene rings is 1. The number of thioether (sulfide) groups is 1. The zero-order valence-electron chi connectivity index (χ0n) is 15.3. The Morgan fingerprint density at radius 1 is 1.38 bits per heavy atom. The second-order valence-electron chi connectivity index (χ2n) is 5.88. The summed E-state index contributed by atoms with van der Waals surface area (Å²) < 4.78 is 18.6. The summed E-state index contributed by atoms with van der Waals surface area (Å²) in [7, 11) is 1.73. The molecule has 1 aromatic rings. The normalized spacial score (nSPS) is 15.7. The fourth-order valence-corrected chi connectivity index (χ4v) is 3.51. The van der Waals surface area contributed by atoms with Crippen LogP contribution in [0.15, 0.2) is 34.2 Å². The molecule has 1 amide bonds. The van der Waals surface area contributed by atoms with Gasteiger partial charge in [-0.3, -0.25) is 4.99 Å². The Bertz CT molecular complexity index is 607. The van der Waals surface area contributed by atoms with E-state index in [0.717, 1.165) is 24.6 Å². The molecule has 1 aromatic carbocycles. The molecule has 144 valence electrons. The summed E-state index contributed by atoms with van der Waals surface area (Å²) in [6.07, 6.45) is 1.46. The molecule has 1 aliphatic rings. The SMILES string of the molecule is CCOC(=O)N1CCC(NC(=NC)NCCSc2ccccc2F)CC1. The summed E-state index contributed by atoms with van der Waals surface area (Å²) >= 11 is 1.48. The molecule has 2 rings (SSSR count). The molecule has 0 aromatic heterocycles. The van der Waals surface area contributed by atoms with Gasteiger partial charge in [0, 0.05) is 43.4 Å². The highest BCUT2D eigenvalue weighted by molar-refractivity contribution is 7.99. The van der Waals surface area contributed by atoms with Crippen molar-refractivity contribution >= 4 is 23.8 Å². The first-order chi connectivity index (χ1) is 12.6. The van der Waals surface area contributed by atoms with Crippen LogP contribution in [0.1, 0.15) is 19.8 Å². The van der Waals surface area contributed by atoms with Crippen LogP contribution in [0.4, 0.5) is 9.18 Å². The van der Waals surface area contributed by atoms with Crippen LogP contribution in [0, 0.1) is 5.82 Å². The van der Waals surface area contributed by atoms with Crippen molar-refractivity contribution in [1.82, 2.24) is 15.5 Å². The molecule has 0 bridgehead atoms. The number of halogens is 1. The van der Waals surface area contributed by atoms with Crippen LogP contribution in [0.2, 0.25) is 0 Å². The molecular formula is C18H27FN4O2S. The smallest absolute Gasteiger partial charge is 0.409 e. The van der Waals surface area contributed by atoms with Gasteiger partial charge in [-0.2, -0.15) is 0 Å². The summed E-state index contributed by atoms with van der Waals surface area (Å²) in [5, 5.41) is 6.64. The molecule has 26 heavy (non-hydrogen) atoms. The average molecular weight is 383 g/mol. The third kappa shape index (κ3) is 6.40. The van der Waals surface area contributed by atoms with E-state index in [1.807, 2.05) is 13.0 Å². The lowest BCUT2D eigenvalue weighted by Gasteiger charge is -2.32. The maximum absolute atomic E-state index is 13.6. The van der Waals surface area contributed by atoms with Crippen molar-refractivity contribution in [3.8, 4) is 0 Å². The molecule has 0 unspecified atom stereocenters. The van der Waals surface area contributed by atoms with Gasteiger partial charge in [-0.15, -0.1) is 11.8 Å². The number of carbonyl (C=O) groups excluding carboxylic acids is 1. The van der Waals surface area contributed by atoms with Crippen LogP contribution in [0.3, 0.4) is 0 Å². The molecule has 1 saturated heterocycles. The lowest BCUT2D eigenvalue weighted by atomic mass is 10.1. The van der Waals surface area contributed by atoms with Gasteiger partial charge in [-0.05, 0) is 31.9 Å². The van der Waals surface area contributed by atoms with Crippen molar-refractivity contribution in [2.45, 2.75) is 30.7 Å². The second kappa shape index (κ2) is 10.9. The Kier molecular flexibility index (Phi) is 8.53. The van der Waals surface area contributed by atoms with E-state index in [1.165, 1.54) is 17.8 Å². The first-order valence-electron chi connectivity index (χ1n) is 8.90. The Morgan fingerprint density at radius 3 is 2.77 bits per heavy atom. The zero-order chi connectivity index (χ0) is 18.8. The molecule has 1 heterocycles. The van der Waals surface area contributed by atoms with Gasteiger partial charge in [0.05, 0.1) is 6.61 Å². The third-order valence-corrected chi connectivity index (χ3v) is 5.12. The lowest BCUT2D eigenvalue weighted by Crippen LogP contribution is -2.50. The van der Waals surface area contributed by atoms with Crippen LogP contribution in [-0.2, 0) is 4.74 Å². The first kappa shape index (κ1) is 20.4. The molecule has 6 nitrogen and oxygen atoms in total. The van der Waals surface area contributed by atoms with Crippen molar-refractivity contribution in [2.75, 3.05) is 39.0 Å². The Morgan fingerprint density at radius 2 is 2.12 bits per heavy atom. The van der Waals surface area contributed by atoms with Crippen molar-refractivity contribution in [1.29, 1.82) is 0 Å². The highest BCUT2D eigenvalue weighted by atomic mass is 32.2. The lowest BCUT2D eigenvalue weighted by molar-refractivity contribution is 0.0963. The summed E-state index contributed by atoms with van der Waals surface area (Å²) in [5.74, 6) is 1.28. The predicted molar refractivity (Wildman–Crippen MR) is 103 cm³/mol. The summed E-state index contributed by atoms with van der Waals surface area (Å²) in [6.45, 7) is 4.25. The number of amides is 1. The predicted octanol–water partition coefficient (Wildman–Crippen LogP) is 2.70. The standard InChI is InChI=1S/C18H27FN4O2S/c1-3-25-18(24)23-11-8-14(9-12-23)22-17(20-2)21-10-13-26-16-7-5-4-6-15(16)19/h4-7,14H,3,8-13H2,1-2H3,(H2,20,21,22). The molecule has 0 saturated carbocycles. The number of aliphatic imine (C=N–C) groups is 1. The number of nitrogens with one attached hydrogen (secondary N) is 2. The van der Waals surface area contributed by atoms with Gasteiger partial charge < -0.3 is 20.3 Å². The van der Waals surface area contributed by atoms with Crippen LogP contribution in [0.25, 0.3) is 0 Å². The van der Waals surface area contributed by atoms with E-state index < -0.39 is 0 Å². The quantitative estimate of drug-likeness (QED) is 0.343. The van der Waals surface area contributed by atoms with Gasteiger partial charge in [0.1, 0.15) is 5.82 Å². The molecule has 2 N–H and O–H groups in total. The van der Waals surface area contributed by atoms with Crippen molar-refractivity contribution in [3.63, 3.8) is 0 Å². The topological polar surface area (TPSA) is 66.0 Å². The number of rotatable bonds is 6. The maximum Gasteiger partial charge on any atom is 0.409 e. The number of guanidine groups is 1. The highest BCUT2D eigenvalue weighted by Crippen LogP contribution is 2.20. The molecule has 0 spiro atoms. The molecule has 1 aliphatic heterocycles. The summed E-state index contributed by atoms with van der Waals surface area (Å²) in [4.78, 5) is 18.3. The van der Waals surface area contributed by atoms with Gasteiger partial charge >= 0.3 is 6.09 Å². The second-order valence-corrected chi connectivity index (χ2v) is 7.02. The highest BCUT2D eigenvalue weighted by Gasteiger charge is 2.23. The third-order valence-electron chi connectivity index (χ3n) is 4.07. The van der Waals surface area contributed by atoms with E-state index in [4.69, 9.17) is 4.74 Å². The van der Waals surface area contributed by atoms with E-state index in [0.29, 0.717) is 31.1 Å². The van der Waals surface area contributed by atoms with Gasteiger partial charge in [0.15, 0.2) is 5.96 Å². The molecule has 1 fully saturated rings. The minimum Gasteiger partial charge on any atom is -0.450 e. The minimum atomic E-state index is -0.237. The fourth-order valence-electron chi connectivity index (χ4n) is 2.70. The van der Waals surface area contributed by atoms with Crippen LogP contribution >= 0.6 is 11.8 Å². The maximum atomic E-state index is 13.6. The number of likely N-dealkylation sites (tertiary alicyclic amines) is 1. The summed E-state index contributed by atoms with van der Waals surface area (Å²) in [6, 6.07) is 7.05. The molecule has 0 atom stereocenters. The van der Waals surface area contributed by atoms with E-state index >= 15 is 0 Å². The first-order valence-corrected chi connectivity index (χ1v) is 9.88. The van der Waals surface area contributed by atoms with Crippen LogP contribution in [-0.4, -0.2) is 62.0 Å². The molecule has 8 heteroatoms. The molecule has 0 radical (unpaired) electrons. The Hall–Kier alpha value is -1.96. The number of hydrogen-bond acceptors (Lipinski definition) is 4. The zero-order valence-corrected chi connectivity index (χ0v) is 16.2. The Balaban J connectivity index is 1.67. The van der Waals surface area contributed by atoms with Crippen LogP contribution < -0.4 is 10.6 Å². The fraction of sp³-hybridized carbons (Fsp3) is 0.556. The molecule has 0 aliphatic carbocycles. The number of hydrogen-bond donors (Lipinski definition) is 2.